The van der Waals surface area contributed by atoms with E-state index in [0.29, 0.717) is 25.4 Å². The maximum Gasteiger partial charge on any atom is 0.222 e. The molecule has 1 aromatic carbocycles. The molecule has 0 fully saturated rings. The Morgan fingerprint density at radius 2 is 2.16 bits per heavy atom. The van der Waals surface area contributed by atoms with Gasteiger partial charge in [0, 0.05) is 20.0 Å². The first-order chi connectivity index (χ1) is 9.02. The zero-order valence-electron chi connectivity index (χ0n) is 11.8. The van der Waals surface area contributed by atoms with Gasteiger partial charge < -0.3 is 15.7 Å². The normalized spacial score (nSPS) is 12.2. The number of nitrogens with zero attached hydrogens (tertiary/aromatic N) is 1. The summed E-state index contributed by atoms with van der Waals surface area (Å²) in [5, 5.41) is 9.38. The molecular formula is C15H24N2O2. The molecule has 0 aliphatic heterocycles. The third-order valence-corrected chi connectivity index (χ3v) is 3.27. The molecule has 4 nitrogen and oxygen atoms in total. The lowest BCUT2D eigenvalue weighted by atomic mass is 10.0. The van der Waals surface area contributed by atoms with Gasteiger partial charge in [0.1, 0.15) is 5.75 Å². The van der Waals surface area contributed by atoms with Crippen molar-refractivity contribution in [2.24, 2.45) is 11.7 Å². The van der Waals surface area contributed by atoms with E-state index >= 15 is 0 Å². The smallest absolute Gasteiger partial charge is 0.222 e. The average Bonchev–Trinajstić information content (AvgIpc) is 2.36. The lowest BCUT2D eigenvalue weighted by Gasteiger charge is -2.18. The summed E-state index contributed by atoms with van der Waals surface area (Å²) < 4.78 is 0. The standard InChI is InChI=1S/C15H24N2O2/c1-12(8-9-16)6-7-15(19)17(2)11-13-4-3-5-14(18)10-13/h3-5,10,12,18H,6-9,11,16H2,1-2H3. The zero-order valence-corrected chi connectivity index (χ0v) is 11.8. The van der Waals surface area contributed by atoms with Gasteiger partial charge >= 0.3 is 0 Å². The van der Waals surface area contributed by atoms with Crippen LogP contribution in [0.2, 0.25) is 0 Å². The van der Waals surface area contributed by atoms with Gasteiger partial charge in [0.25, 0.3) is 0 Å². The largest absolute Gasteiger partial charge is 0.508 e. The minimum atomic E-state index is 0.132. The van der Waals surface area contributed by atoms with Crippen LogP contribution in [0.5, 0.6) is 5.75 Å². The maximum atomic E-state index is 12.0. The first-order valence-electron chi connectivity index (χ1n) is 6.75. The number of carbonyl (C=O) groups excluding carboxylic acids is 1. The number of nitrogens with two attached hydrogens (primary N) is 1. The van der Waals surface area contributed by atoms with Gasteiger partial charge in [-0.25, -0.2) is 0 Å². The van der Waals surface area contributed by atoms with Gasteiger partial charge in [0.15, 0.2) is 0 Å². The number of phenolic OH excluding ortho intramolecular Hbond substituents is 1. The minimum Gasteiger partial charge on any atom is -0.508 e. The molecule has 1 atom stereocenters. The van der Waals surface area contributed by atoms with Crippen molar-refractivity contribution in [1.29, 1.82) is 0 Å². The number of amides is 1. The van der Waals surface area contributed by atoms with E-state index in [9.17, 15) is 9.90 Å². The topological polar surface area (TPSA) is 66.6 Å². The molecule has 1 amide bonds. The highest BCUT2D eigenvalue weighted by Gasteiger charge is 2.11. The van der Waals surface area contributed by atoms with Gasteiger partial charge in [-0.15, -0.1) is 0 Å². The number of hydrogen-bond donors (Lipinski definition) is 2. The number of benzene rings is 1. The van der Waals surface area contributed by atoms with Crippen molar-refractivity contribution in [3.05, 3.63) is 29.8 Å². The van der Waals surface area contributed by atoms with Crippen LogP contribution in [0.3, 0.4) is 0 Å². The molecule has 1 rings (SSSR count). The predicted molar refractivity (Wildman–Crippen MR) is 76.7 cm³/mol. The van der Waals surface area contributed by atoms with E-state index < -0.39 is 0 Å². The van der Waals surface area contributed by atoms with Crippen LogP contribution in [0, 0.1) is 5.92 Å². The van der Waals surface area contributed by atoms with E-state index in [1.54, 1.807) is 30.1 Å². The quantitative estimate of drug-likeness (QED) is 0.792. The second-order valence-electron chi connectivity index (χ2n) is 5.14. The SMILES string of the molecule is CC(CCN)CCC(=O)N(C)Cc1cccc(O)c1. The van der Waals surface area contributed by atoms with Crippen molar-refractivity contribution >= 4 is 5.91 Å². The molecule has 0 saturated heterocycles. The summed E-state index contributed by atoms with van der Waals surface area (Å²) in [4.78, 5) is 13.7. The van der Waals surface area contributed by atoms with Crippen molar-refractivity contribution in [3.8, 4) is 5.75 Å². The third kappa shape index (κ3) is 5.75. The molecule has 0 saturated carbocycles. The third-order valence-electron chi connectivity index (χ3n) is 3.27. The molecule has 0 heterocycles. The van der Waals surface area contributed by atoms with Crippen LogP contribution >= 0.6 is 0 Å². The van der Waals surface area contributed by atoms with E-state index in [1.807, 2.05) is 6.07 Å². The fourth-order valence-corrected chi connectivity index (χ4v) is 2.01. The molecule has 0 aliphatic carbocycles. The Hall–Kier alpha value is -1.55. The van der Waals surface area contributed by atoms with Crippen LogP contribution in [0.25, 0.3) is 0 Å². The fraction of sp³-hybridized carbons (Fsp3) is 0.533. The Morgan fingerprint density at radius 1 is 1.42 bits per heavy atom. The molecule has 4 heteroatoms. The molecular weight excluding hydrogens is 240 g/mol. The minimum absolute atomic E-state index is 0.132. The predicted octanol–water partition coefficient (Wildman–Crippen LogP) is 2.12. The van der Waals surface area contributed by atoms with Gasteiger partial charge in [-0.05, 0) is 43.0 Å². The molecule has 0 radical (unpaired) electrons. The molecule has 3 N–H and O–H groups in total. The van der Waals surface area contributed by atoms with E-state index in [2.05, 4.69) is 6.92 Å². The Kier molecular flexibility index (Phi) is 6.36. The number of phenols is 1. The first kappa shape index (κ1) is 15.5. The number of hydrogen-bond acceptors (Lipinski definition) is 3. The second-order valence-corrected chi connectivity index (χ2v) is 5.14. The molecule has 0 aliphatic rings. The molecule has 0 aromatic heterocycles. The number of rotatable bonds is 7. The zero-order chi connectivity index (χ0) is 14.3. The Morgan fingerprint density at radius 3 is 2.79 bits per heavy atom. The number of carbonyl (C=O) groups is 1. The maximum absolute atomic E-state index is 12.0. The lowest BCUT2D eigenvalue weighted by molar-refractivity contribution is -0.130. The van der Waals surface area contributed by atoms with Crippen LogP contribution in [0.15, 0.2) is 24.3 Å². The molecule has 0 bridgehead atoms. The molecule has 0 spiro atoms. The summed E-state index contributed by atoms with van der Waals surface area (Å²) in [6.07, 6.45) is 2.39. The van der Waals surface area contributed by atoms with Crippen molar-refractivity contribution in [2.45, 2.75) is 32.7 Å². The van der Waals surface area contributed by atoms with Crippen LogP contribution in [-0.4, -0.2) is 29.5 Å². The van der Waals surface area contributed by atoms with Crippen LogP contribution in [-0.2, 0) is 11.3 Å². The summed E-state index contributed by atoms with van der Waals surface area (Å²) in [5.41, 5.74) is 6.43. The summed E-state index contributed by atoms with van der Waals surface area (Å²) >= 11 is 0. The summed E-state index contributed by atoms with van der Waals surface area (Å²) in [5.74, 6) is 0.852. The van der Waals surface area contributed by atoms with E-state index in [-0.39, 0.29) is 11.7 Å². The van der Waals surface area contributed by atoms with Gasteiger partial charge in [-0.1, -0.05) is 19.1 Å². The van der Waals surface area contributed by atoms with Gasteiger partial charge in [-0.3, -0.25) is 4.79 Å². The molecule has 19 heavy (non-hydrogen) atoms. The summed E-state index contributed by atoms with van der Waals surface area (Å²) in [6, 6.07) is 6.99. The van der Waals surface area contributed by atoms with Crippen LogP contribution in [0.4, 0.5) is 0 Å². The molecule has 1 unspecified atom stereocenters. The summed E-state index contributed by atoms with van der Waals surface area (Å²) in [7, 11) is 1.79. The molecule has 106 valence electrons. The van der Waals surface area contributed by atoms with Crippen molar-refractivity contribution in [3.63, 3.8) is 0 Å². The van der Waals surface area contributed by atoms with Gasteiger partial charge in [0.2, 0.25) is 5.91 Å². The van der Waals surface area contributed by atoms with Crippen molar-refractivity contribution < 1.29 is 9.90 Å². The average molecular weight is 264 g/mol. The number of aromatic hydroxyl groups is 1. The highest BCUT2D eigenvalue weighted by molar-refractivity contribution is 5.75. The van der Waals surface area contributed by atoms with Crippen LogP contribution in [0.1, 0.15) is 31.7 Å². The van der Waals surface area contributed by atoms with Crippen molar-refractivity contribution in [1.82, 2.24) is 4.90 Å². The van der Waals surface area contributed by atoms with E-state index in [1.165, 1.54) is 0 Å². The fourth-order valence-electron chi connectivity index (χ4n) is 2.01. The van der Waals surface area contributed by atoms with Crippen molar-refractivity contribution in [2.75, 3.05) is 13.6 Å². The highest BCUT2D eigenvalue weighted by Crippen LogP contribution is 2.14. The second kappa shape index (κ2) is 7.79. The Balaban J connectivity index is 2.40. The summed E-state index contributed by atoms with van der Waals surface area (Å²) in [6.45, 7) is 3.32. The van der Waals surface area contributed by atoms with Gasteiger partial charge in [0.05, 0.1) is 0 Å². The lowest BCUT2D eigenvalue weighted by Crippen LogP contribution is -2.26. The van der Waals surface area contributed by atoms with E-state index in [0.717, 1.165) is 18.4 Å². The molecule has 1 aromatic rings. The van der Waals surface area contributed by atoms with Gasteiger partial charge in [-0.2, -0.15) is 0 Å². The first-order valence-corrected chi connectivity index (χ1v) is 6.75. The van der Waals surface area contributed by atoms with E-state index in [4.69, 9.17) is 5.73 Å². The highest BCUT2D eigenvalue weighted by atomic mass is 16.3. The Labute approximate surface area is 115 Å². The Bertz CT molecular complexity index is 407. The van der Waals surface area contributed by atoms with Crippen LogP contribution < -0.4 is 5.73 Å². The monoisotopic (exact) mass is 264 g/mol.